The number of thiophene rings is 1. The fourth-order valence-corrected chi connectivity index (χ4v) is 3.90. The van der Waals surface area contributed by atoms with Crippen LogP contribution in [0.25, 0.3) is 0 Å². The topological polar surface area (TPSA) is 51.2 Å². The number of Topliss-reactive ketones (excluding diaryl/α,β-unsaturated/α-hetero) is 1. The predicted octanol–water partition coefficient (Wildman–Crippen LogP) is 3.88. The molecule has 1 aliphatic rings. The van der Waals surface area contributed by atoms with Crippen LogP contribution in [0, 0.1) is 0 Å². The third kappa shape index (κ3) is 1.81. The molecule has 0 saturated carbocycles. The molecule has 0 bridgehead atoms. The molecular formula is C15H9BrO3S. The summed E-state index contributed by atoms with van der Waals surface area (Å²) >= 11 is 4.43. The number of hydrogen-bond donors (Lipinski definition) is 0. The van der Waals surface area contributed by atoms with Crippen LogP contribution in [0.3, 0.4) is 0 Å². The van der Waals surface area contributed by atoms with Crippen molar-refractivity contribution in [1.82, 2.24) is 0 Å². The van der Waals surface area contributed by atoms with Gasteiger partial charge in [0, 0.05) is 27.6 Å². The summed E-state index contributed by atoms with van der Waals surface area (Å²) < 4.78 is 0.607. The van der Waals surface area contributed by atoms with Gasteiger partial charge in [-0.05, 0) is 12.1 Å². The lowest BCUT2D eigenvalue weighted by molar-refractivity contribution is 0.0981. The Kier molecular flexibility index (Phi) is 3.18. The Morgan fingerprint density at radius 1 is 1.20 bits per heavy atom. The van der Waals surface area contributed by atoms with Crippen LogP contribution in [-0.2, 0) is 0 Å². The Hall–Kier alpha value is -1.59. The van der Waals surface area contributed by atoms with Crippen molar-refractivity contribution in [3.63, 3.8) is 0 Å². The van der Waals surface area contributed by atoms with E-state index in [2.05, 4.69) is 15.9 Å². The third-order valence-corrected chi connectivity index (χ3v) is 5.10. The van der Waals surface area contributed by atoms with Crippen LogP contribution in [0.1, 0.15) is 54.2 Å². The maximum absolute atomic E-state index is 12.5. The summed E-state index contributed by atoms with van der Waals surface area (Å²) in [5, 5.41) is 0. The molecule has 0 aliphatic heterocycles. The lowest BCUT2D eigenvalue weighted by atomic mass is 9.89. The molecule has 20 heavy (non-hydrogen) atoms. The van der Waals surface area contributed by atoms with Gasteiger partial charge < -0.3 is 0 Å². The second-order valence-corrected chi connectivity index (χ2v) is 6.36. The molecule has 5 heteroatoms. The van der Waals surface area contributed by atoms with Crippen molar-refractivity contribution in [2.75, 3.05) is 0 Å². The lowest BCUT2D eigenvalue weighted by Crippen LogP contribution is -2.19. The number of carbonyl (C=O) groups is 3. The minimum Gasteiger partial charge on any atom is -0.293 e. The molecule has 1 heterocycles. The first-order chi connectivity index (χ1) is 9.54. The van der Waals surface area contributed by atoms with Crippen molar-refractivity contribution >= 4 is 44.6 Å². The average Bonchev–Trinajstić information content (AvgIpc) is 2.89. The Morgan fingerprint density at radius 2 is 1.95 bits per heavy atom. The van der Waals surface area contributed by atoms with Crippen molar-refractivity contribution in [2.24, 2.45) is 0 Å². The smallest absolute Gasteiger partial charge is 0.205 e. The molecular weight excluding hydrogens is 340 g/mol. The number of hydrogen-bond acceptors (Lipinski definition) is 4. The number of ketones is 3. The summed E-state index contributed by atoms with van der Waals surface area (Å²) in [6.45, 7) is 1.76. The van der Waals surface area contributed by atoms with Crippen molar-refractivity contribution in [3.05, 3.63) is 55.2 Å². The Bertz CT molecular complexity index is 773. The molecule has 100 valence electrons. The van der Waals surface area contributed by atoms with E-state index in [9.17, 15) is 14.4 Å². The van der Waals surface area contributed by atoms with Crippen LogP contribution < -0.4 is 0 Å². The van der Waals surface area contributed by atoms with E-state index in [1.54, 1.807) is 31.2 Å². The molecule has 1 aromatic heterocycles. The van der Waals surface area contributed by atoms with E-state index in [0.29, 0.717) is 37.3 Å². The molecule has 0 fully saturated rings. The van der Waals surface area contributed by atoms with Crippen molar-refractivity contribution in [2.45, 2.75) is 13.3 Å². The molecule has 1 aromatic carbocycles. The molecule has 0 spiro atoms. The highest BCUT2D eigenvalue weighted by Crippen LogP contribution is 2.36. The summed E-state index contributed by atoms with van der Waals surface area (Å²) in [6.07, 6.45) is 0.360. The standard InChI is InChI=1S/C15H9BrO3S/c1-2-10(17)11-6-8-13(18)7-4-3-5-9(16)12(7)14(19)15(8)20-11/h3-6H,2H2,1H3. The van der Waals surface area contributed by atoms with Crippen LogP contribution >= 0.6 is 27.3 Å². The highest BCUT2D eigenvalue weighted by molar-refractivity contribution is 9.10. The molecule has 3 rings (SSSR count). The maximum atomic E-state index is 12.5. The van der Waals surface area contributed by atoms with Gasteiger partial charge in [-0.3, -0.25) is 14.4 Å². The van der Waals surface area contributed by atoms with Gasteiger partial charge in [0.25, 0.3) is 0 Å². The van der Waals surface area contributed by atoms with Gasteiger partial charge >= 0.3 is 0 Å². The molecule has 3 nitrogen and oxygen atoms in total. The molecule has 0 saturated heterocycles. The summed E-state index contributed by atoms with van der Waals surface area (Å²) in [4.78, 5) is 37.6. The van der Waals surface area contributed by atoms with E-state index in [1.165, 1.54) is 0 Å². The van der Waals surface area contributed by atoms with Gasteiger partial charge in [-0.15, -0.1) is 11.3 Å². The lowest BCUT2D eigenvalue weighted by Gasteiger charge is -2.14. The first-order valence-electron chi connectivity index (χ1n) is 6.09. The normalized spacial score (nSPS) is 13.1. The van der Waals surface area contributed by atoms with Crippen LogP contribution in [0.2, 0.25) is 0 Å². The zero-order valence-electron chi connectivity index (χ0n) is 10.5. The number of rotatable bonds is 2. The minimum atomic E-state index is -0.192. The first kappa shape index (κ1) is 13.4. The largest absolute Gasteiger partial charge is 0.293 e. The number of fused-ring (bicyclic) bond motifs is 2. The monoisotopic (exact) mass is 348 g/mol. The third-order valence-electron chi connectivity index (χ3n) is 3.26. The summed E-state index contributed by atoms with van der Waals surface area (Å²) in [6, 6.07) is 6.66. The van der Waals surface area contributed by atoms with Gasteiger partial charge in [-0.25, -0.2) is 0 Å². The van der Waals surface area contributed by atoms with Crippen molar-refractivity contribution < 1.29 is 14.4 Å². The van der Waals surface area contributed by atoms with Crippen LogP contribution in [-0.4, -0.2) is 17.3 Å². The summed E-state index contributed by atoms with van der Waals surface area (Å²) in [5.41, 5.74) is 1.13. The summed E-state index contributed by atoms with van der Waals surface area (Å²) in [5.74, 6) is -0.433. The summed E-state index contributed by atoms with van der Waals surface area (Å²) in [7, 11) is 0. The van der Waals surface area contributed by atoms with E-state index in [4.69, 9.17) is 0 Å². The van der Waals surface area contributed by atoms with E-state index in [1.807, 2.05) is 0 Å². The number of benzene rings is 1. The zero-order valence-corrected chi connectivity index (χ0v) is 12.9. The highest BCUT2D eigenvalue weighted by atomic mass is 79.9. The molecule has 0 radical (unpaired) electrons. The SMILES string of the molecule is CCC(=O)c1cc2c(s1)C(=O)c1c(Br)cccc1C2=O. The van der Waals surface area contributed by atoms with E-state index < -0.39 is 0 Å². The fourth-order valence-electron chi connectivity index (χ4n) is 2.24. The van der Waals surface area contributed by atoms with E-state index in [0.717, 1.165) is 11.3 Å². The molecule has 2 aromatic rings. The van der Waals surface area contributed by atoms with Gasteiger partial charge in [0.1, 0.15) is 0 Å². The molecule has 0 atom stereocenters. The number of halogens is 1. The molecule has 0 unspecified atom stereocenters. The zero-order chi connectivity index (χ0) is 14.4. The second kappa shape index (κ2) is 4.75. The van der Waals surface area contributed by atoms with Crippen molar-refractivity contribution in [1.29, 1.82) is 0 Å². The van der Waals surface area contributed by atoms with Crippen LogP contribution in [0.5, 0.6) is 0 Å². The Balaban J connectivity index is 2.24. The Morgan fingerprint density at radius 3 is 2.65 bits per heavy atom. The molecule has 0 amide bonds. The van der Waals surface area contributed by atoms with Gasteiger partial charge in [-0.1, -0.05) is 35.0 Å². The van der Waals surface area contributed by atoms with Gasteiger partial charge in [-0.2, -0.15) is 0 Å². The minimum absolute atomic E-state index is 0.0480. The first-order valence-corrected chi connectivity index (χ1v) is 7.70. The van der Waals surface area contributed by atoms with Gasteiger partial charge in [0.15, 0.2) is 11.6 Å². The molecule has 1 aliphatic carbocycles. The highest BCUT2D eigenvalue weighted by Gasteiger charge is 2.33. The van der Waals surface area contributed by atoms with Gasteiger partial charge in [0.2, 0.25) is 5.78 Å². The fraction of sp³-hybridized carbons (Fsp3) is 0.133. The van der Waals surface area contributed by atoms with Crippen molar-refractivity contribution in [3.8, 4) is 0 Å². The molecule has 0 N–H and O–H groups in total. The van der Waals surface area contributed by atoms with E-state index in [-0.39, 0.29) is 17.3 Å². The predicted molar refractivity (Wildman–Crippen MR) is 79.9 cm³/mol. The number of carbonyl (C=O) groups excluding carboxylic acids is 3. The Labute approximate surface area is 127 Å². The quantitative estimate of drug-likeness (QED) is 0.660. The average molecular weight is 349 g/mol. The van der Waals surface area contributed by atoms with Crippen LogP contribution in [0.15, 0.2) is 28.7 Å². The second-order valence-electron chi connectivity index (χ2n) is 4.45. The van der Waals surface area contributed by atoms with Crippen LogP contribution in [0.4, 0.5) is 0 Å². The van der Waals surface area contributed by atoms with Gasteiger partial charge in [0.05, 0.1) is 9.75 Å². The van der Waals surface area contributed by atoms with E-state index >= 15 is 0 Å². The maximum Gasteiger partial charge on any atom is 0.205 e.